The Morgan fingerprint density at radius 3 is 2.57 bits per heavy atom. The first kappa shape index (κ1) is 24.7. The predicted octanol–water partition coefficient (Wildman–Crippen LogP) is 5.63. The predicted molar refractivity (Wildman–Crippen MR) is 144 cm³/mol. The van der Waals surface area contributed by atoms with Gasteiger partial charge in [0.05, 0.1) is 30.6 Å². The van der Waals surface area contributed by atoms with Gasteiger partial charge in [0.1, 0.15) is 5.75 Å². The quantitative estimate of drug-likeness (QED) is 0.435. The van der Waals surface area contributed by atoms with Crippen molar-refractivity contribution in [2.75, 3.05) is 17.3 Å². The summed E-state index contributed by atoms with van der Waals surface area (Å²) in [6.45, 7) is 9.95. The van der Waals surface area contributed by atoms with E-state index in [-0.39, 0.29) is 18.0 Å². The normalized spacial score (nSPS) is 18.0. The zero-order valence-corrected chi connectivity index (χ0v) is 21.9. The Hall–Kier alpha value is -3.39. The van der Waals surface area contributed by atoms with Crippen LogP contribution in [0.5, 0.6) is 5.75 Å². The molecule has 4 rings (SSSR count). The SMILES string of the molecule is COc1cc(N2C(=S)N[C@H](c3ccccn3)[C@H]2c2ccn(C(C)C)c2)ccc1NC(=O)C(C)(C)C. The number of nitrogens with one attached hydrogen (secondary N) is 2. The molecular weight excluding hydrogens is 458 g/mol. The molecule has 0 radical (unpaired) electrons. The molecule has 2 atom stereocenters. The molecule has 1 saturated heterocycles. The molecule has 1 amide bonds. The molecular formula is C27H33N5O2S. The van der Waals surface area contributed by atoms with E-state index >= 15 is 0 Å². The number of anilines is 2. The Bertz CT molecular complexity index is 1220. The first-order valence-corrected chi connectivity index (χ1v) is 12.2. The highest BCUT2D eigenvalue weighted by atomic mass is 32.1. The van der Waals surface area contributed by atoms with E-state index in [0.29, 0.717) is 22.6 Å². The van der Waals surface area contributed by atoms with Crippen molar-refractivity contribution in [2.45, 2.75) is 52.7 Å². The van der Waals surface area contributed by atoms with Crippen LogP contribution in [0.15, 0.2) is 61.1 Å². The Kier molecular flexibility index (Phi) is 6.85. The van der Waals surface area contributed by atoms with Crippen LogP contribution in [0.1, 0.15) is 64.0 Å². The topological polar surface area (TPSA) is 71.4 Å². The second-order valence-corrected chi connectivity index (χ2v) is 10.5. The molecule has 184 valence electrons. The van der Waals surface area contributed by atoms with Gasteiger partial charge in [-0.2, -0.15) is 0 Å². The highest BCUT2D eigenvalue weighted by Crippen LogP contribution is 2.43. The largest absolute Gasteiger partial charge is 0.494 e. The monoisotopic (exact) mass is 491 g/mol. The number of nitrogens with zero attached hydrogens (tertiary/aromatic N) is 3. The molecule has 8 heteroatoms. The van der Waals surface area contributed by atoms with E-state index in [1.54, 1.807) is 13.3 Å². The molecule has 3 aromatic rings. The average Bonchev–Trinajstić information content (AvgIpc) is 3.44. The van der Waals surface area contributed by atoms with E-state index < -0.39 is 5.41 Å². The lowest BCUT2D eigenvalue weighted by Gasteiger charge is -2.28. The minimum Gasteiger partial charge on any atom is -0.494 e. The summed E-state index contributed by atoms with van der Waals surface area (Å²) < 4.78 is 7.85. The van der Waals surface area contributed by atoms with Gasteiger partial charge in [-0.1, -0.05) is 26.8 Å². The summed E-state index contributed by atoms with van der Waals surface area (Å²) in [5, 5.41) is 7.07. The lowest BCUT2D eigenvalue weighted by molar-refractivity contribution is -0.123. The molecule has 0 unspecified atom stereocenters. The van der Waals surface area contributed by atoms with Crippen LogP contribution >= 0.6 is 12.2 Å². The molecule has 2 aromatic heterocycles. The van der Waals surface area contributed by atoms with Crippen molar-refractivity contribution in [3.63, 3.8) is 0 Å². The molecule has 35 heavy (non-hydrogen) atoms. The molecule has 0 spiro atoms. The summed E-state index contributed by atoms with van der Waals surface area (Å²) in [6, 6.07) is 13.9. The Morgan fingerprint density at radius 2 is 1.97 bits per heavy atom. The van der Waals surface area contributed by atoms with Crippen LogP contribution in [0.3, 0.4) is 0 Å². The van der Waals surface area contributed by atoms with Crippen LogP contribution < -0.4 is 20.3 Å². The minimum atomic E-state index is -0.519. The van der Waals surface area contributed by atoms with E-state index in [0.717, 1.165) is 16.9 Å². The van der Waals surface area contributed by atoms with E-state index in [1.165, 1.54) is 0 Å². The highest BCUT2D eigenvalue weighted by Gasteiger charge is 2.41. The summed E-state index contributed by atoms with van der Waals surface area (Å²) in [5.41, 5.74) is 3.02. The number of ether oxygens (including phenoxy) is 1. The molecule has 1 aromatic carbocycles. The molecule has 1 aliphatic rings. The number of hydrogen-bond acceptors (Lipinski definition) is 4. The van der Waals surface area contributed by atoms with Gasteiger partial charge in [-0.15, -0.1) is 0 Å². The average molecular weight is 492 g/mol. The van der Waals surface area contributed by atoms with Crippen LogP contribution in [0, 0.1) is 5.41 Å². The number of pyridine rings is 1. The van der Waals surface area contributed by atoms with Crippen LogP contribution in [0.4, 0.5) is 11.4 Å². The lowest BCUT2D eigenvalue weighted by atomic mass is 9.95. The third-order valence-electron chi connectivity index (χ3n) is 6.17. The number of amides is 1. The molecule has 3 heterocycles. The molecule has 0 aliphatic carbocycles. The second kappa shape index (κ2) is 9.70. The van der Waals surface area contributed by atoms with Crippen LogP contribution in [0.2, 0.25) is 0 Å². The summed E-state index contributed by atoms with van der Waals surface area (Å²) in [6.07, 6.45) is 6.07. The van der Waals surface area contributed by atoms with Crippen molar-refractivity contribution in [3.05, 3.63) is 72.3 Å². The number of benzene rings is 1. The van der Waals surface area contributed by atoms with Gasteiger partial charge in [-0.3, -0.25) is 9.78 Å². The molecule has 1 aliphatic heterocycles. The highest BCUT2D eigenvalue weighted by molar-refractivity contribution is 7.80. The summed E-state index contributed by atoms with van der Waals surface area (Å²) in [5.74, 6) is 0.493. The van der Waals surface area contributed by atoms with Crippen molar-refractivity contribution < 1.29 is 9.53 Å². The third kappa shape index (κ3) is 5.03. The number of methoxy groups -OCH3 is 1. The zero-order chi connectivity index (χ0) is 25.3. The number of aromatic nitrogens is 2. The van der Waals surface area contributed by atoms with Gasteiger partial charge in [0.15, 0.2) is 5.11 Å². The number of hydrogen-bond donors (Lipinski definition) is 2. The molecule has 2 N–H and O–H groups in total. The molecule has 0 bridgehead atoms. The van der Waals surface area contributed by atoms with Gasteiger partial charge >= 0.3 is 0 Å². The second-order valence-electron chi connectivity index (χ2n) is 10.1. The van der Waals surface area contributed by atoms with E-state index in [9.17, 15) is 4.79 Å². The first-order valence-electron chi connectivity index (χ1n) is 11.8. The molecule has 7 nitrogen and oxygen atoms in total. The van der Waals surface area contributed by atoms with Crippen LogP contribution in [0.25, 0.3) is 0 Å². The molecule has 1 fully saturated rings. The summed E-state index contributed by atoms with van der Waals surface area (Å²) in [7, 11) is 1.60. The number of thiocarbonyl (C=S) groups is 1. The van der Waals surface area contributed by atoms with Gasteiger partial charge in [0.25, 0.3) is 0 Å². The van der Waals surface area contributed by atoms with E-state index in [1.807, 2.05) is 57.2 Å². The fourth-order valence-electron chi connectivity index (χ4n) is 4.14. The number of rotatable bonds is 6. The lowest BCUT2D eigenvalue weighted by Crippen LogP contribution is -2.30. The molecule has 0 saturated carbocycles. The minimum absolute atomic E-state index is 0.0787. The van der Waals surface area contributed by atoms with Gasteiger partial charge in [0, 0.05) is 41.8 Å². The fourth-order valence-corrected chi connectivity index (χ4v) is 4.49. The van der Waals surface area contributed by atoms with Crippen molar-refractivity contribution in [2.24, 2.45) is 5.41 Å². The zero-order valence-electron chi connectivity index (χ0n) is 21.1. The van der Waals surface area contributed by atoms with Gasteiger partial charge in [-0.25, -0.2) is 0 Å². The Labute approximate surface area is 212 Å². The van der Waals surface area contributed by atoms with Crippen molar-refractivity contribution >= 4 is 34.6 Å². The fraction of sp³-hybridized carbons (Fsp3) is 0.370. The van der Waals surface area contributed by atoms with Crippen molar-refractivity contribution in [1.29, 1.82) is 0 Å². The van der Waals surface area contributed by atoms with Gasteiger partial charge < -0.3 is 24.8 Å². The number of carbonyl (C=O) groups excluding carboxylic acids is 1. The summed E-state index contributed by atoms with van der Waals surface area (Å²) in [4.78, 5) is 19.3. The standard InChI is InChI=1S/C27H33N5O2S/c1-17(2)31-14-12-18(16-31)24-23(21-9-7-8-13-28-21)30-26(35)32(24)19-10-11-20(22(15-19)34-6)29-25(33)27(3,4)5/h7-17,23-24H,1-6H3,(H,29,33)(H,30,35)/t23-,24-/m1/s1. The Morgan fingerprint density at radius 1 is 1.20 bits per heavy atom. The van der Waals surface area contributed by atoms with E-state index in [2.05, 4.69) is 57.4 Å². The first-order chi connectivity index (χ1) is 16.6. The maximum absolute atomic E-state index is 12.6. The number of carbonyl (C=O) groups is 1. The maximum Gasteiger partial charge on any atom is 0.229 e. The van der Waals surface area contributed by atoms with Crippen LogP contribution in [-0.4, -0.2) is 27.7 Å². The maximum atomic E-state index is 12.6. The van der Waals surface area contributed by atoms with E-state index in [4.69, 9.17) is 17.0 Å². The smallest absolute Gasteiger partial charge is 0.229 e. The van der Waals surface area contributed by atoms with Crippen molar-refractivity contribution in [1.82, 2.24) is 14.9 Å². The Balaban J connectivity index is 1.76. The van der Waals surface area contributed by atoms with Crippen LogP contribution in [-0.2, 0) is 4.79 Å². The van der Waals surface area contributed by atoms with Gasteiger partial charge in [-0.05, 0) is 62.0 Å². The summed E-state index contributed by atoms with van der Waals surface area (Å²) >= 11 is 5.84. The van der Waals surface area contributed by atoms with Crippen molar-refractivity contribution in [3.8, 4) is 5.75 Å². The van der Waals surface area contributed by atoms with Gasteiger partial charge in [0.2, 0.25) is 5.91 Å². The third-order valence-corrected chi connectivity index (χ3v) is 6.48.